The molecule has 0 aliphatic carbocycles. The molecule has 1 heterocycles. The van der Waals surface area contributed by atoms with E-state index < -0.39 is 29.2 Å². The Morgan fingerprint density at radius 3 is 1.93 bits per heavy atom. The van der Waals surface area contributed by atoms with Gasteiger partial charge in [-0.3, -0.25) is 9.59 Å². The fourth-order valence-electron chi connectivity index (χ4n) is 3.30. The molecule has 0 spiro atoms. The number of esters is 2. The van der Waals surface area contributed by atoms with E-state index in [1.54, 1.807) is 0 Å². The van der Waals surface area contributed by atoms with E-state index in [0.29, 0.717) is 0 Å². The topological polar surface area (TPSA) is 61.8 Å². The van der Waals surface area contributed by atoms with Crippen LogP contribution in [0.2, 0.25) is 0 Å². The van der Waals surface area contributed by atoms with Crippen molar-refractivity contribution in [3.63, 3.8) is 0 Å². The molecule has 0 unspecified atom stereocenters. The lowest BCUT2D eigenvalue weighted by Gasteiger charge is -2.43. The molecule has 2 aromatic carbocycles. The first-order valence-electron chi connectivity index (χ1n) is 9.16. The zero-order valence-corrected chi connectivity index (χ0v) is 16.1. The second kappa shape index (κ2) is 7.98. The van der Waals surface area contributed by atoms with Crippen LogP contribution in [0, 0.1) is 5.41 Å². The Hall–Kier alpha value is -2.92. The van der Waals surface area contributed by atoms with Crippen LogP contribution in [0.4, 0.5) is 0 Å². The van der Waals surface area contributed by atoms with Crippen LogP contribution < -0.4 is 0 Å². The SMILES string of the molecule is C=C[C@@H](OCc1ccccc1)C1(Cc2ccccc2)C(=O)OC(C)(C)OC1=O. The van der Waals surface area contributed by atoms with Gasteiger partial charge in [-0.2, -0.15) is 0 Å². The predicted molar refractivity (Wildman–Crippen MR) is 104 cm³/mol. The summed E-state index contributed by atoms with van der Waals surface area (Å²) in [7, 11) is 0. The molecular formula is C23H24O5. The number of benzene rings is 2. The van der Waals surface area contributed by atoms with Crippen molar-refractivity contribution in [2.75, 3.05) is 0 Å². The van der Waals surface area contributed by atoms with Crippen molar-refractivity contribution in [2.45, 2.75) is 38.8 Å². The van der Waals surface area contributed by atoms with Gasteiger partial charge in [0.25, 0.3) is 5.79 Å². The monoisotopic (exact) mass is 380 g/mol. The van der Waals surface area contributed by atoms with Crippen LogP contribution in [-0.2, 0) is 36.8 Å². The largest absolute Gasteiger partial charge is 0.422 e. The Labute approximate surface area is 164 Å². The normalized spacial score (nSPS) is 18.6. The average molecular weight is 380 g/mol. The second-order valence-corrected chi connectivity index (χ2v) is 7.27. The van der Waals surface area contributed by atoms with Gasteiger partial charge in [-0.1, -0.05) is 66.7 Å². The van der Waals surface area contributed by atoms with Crippen molar-refractivity contribution in [1.29, 1.82) is 0 Å². The maximum Gasteiger partial charge on any atom is 0.330 e. The van der Waals surface area contributed by atoms with Crippen LogP contribution in [0.25, 0.3) is 0 Å². The van der Waals surface area contributed by atoms with Gasteiger partial charge in [0, 0.05) is 20.3 Å². The highest BCUT2D eigenvalue weighted by Gasteiger charge is 2.60. The first-order chi connectivity index (χ1) is 13.4. The summed E-state index contributed by atoms with van der Waals surface area (Å²) < 4.78 is 16.9. The quantitative estimate of drug-likeness (QED) is 0.415. The van der Waals surface area contributed by atoms with E-state index in [2.05, 4.69) is 6.58 Å². The highest BCUT2D eigenvalue weighted by Crippen LogP contribution is 2.40. The molecule has 0 radical (unpaired) electrons. The standard InChI is InChI=1S/C23H24O5/c1-4-19(26-16-18-13-9-6-10-14-18)23(15-17-11-7-5-8-12-17)20(24)27-22(2,3)28-21(23)25/h4-14,19H,1,15-16H2,2-3H3/t19-/m1/s1. The summed E-state index contributed by atoms with van der Waals surface area (Å²) in [6, 6.07) is 18.8. The predicted octanol–water partition coefficient (Wildman–Crippen LogP) is 3.82. The number of hydrogen-bond donors (Lipinski definition) is 0. The molecule has 28 heavy (non-hydrogen) atoms. The summed E-state index contributed by atoms with van der Waals surface area (Å²) in [5.41, 5.74) is 0.0567. The Morgan fingerprint density at radius 1 is 0.929 bits per heavy atom. The number of rotatable bonds is 7. The van der Waals surface area contributed by atoms with Gasteiger partial charge < -0.3 is 14.2 Å². The highest BCUT2D eigenvalue weighted by atomic mass is 16.7. The molecule has 0 N–H and O–H groups in total. The fourth-order valence-corrected chi connectivity index (χ4v) is 3.30. The molecule has 1 aliphatic heterocycles. The molecule has 0 amide bonds. The molecule has 1 aliphatic rings. The average Bonchev–Trinajstić information content (AvgIpc) is 2.67. The number of ether oxygens (including phenoxy) is 3. The van der Waals surface area contributed by atoms with E-state index in [9.17, 15) is 9.59 Å². The van der Waals surface area contributed by atoms with Gasteiger partial charge in [-0.25, -0.2) is 0 Å². The van der Waals surface area contributed by atoms with Crippen molar-refractivity contribution in [3.05, 3.63) is 84.4 Å². The molecule has 146 valence electrons. The fraction of sp³-hybridized carbons (Fsp3) is 0.304. The number of hydrogen-bond acceptors (Lipinski definition) is 5. The van der Waals surface area contributed by atoms with E-state index in [-0.39, 0.29) is 13.0 Å². The maximum absolute atomic E-state index is 13.1. The van der Waals surface area contributed by atoms with E-state index in [0.717, 1.165) is 11.1 Å². The van der Waals surface area contributed by atoms with Crippen molar-refractivity contribution in [3.8, 4) is 0 Å². The first kappa shape index (κ1) is 19.8. The van der Waals surface area contributed by atoms with Crippen molar-refractivity contribution >= 4 is 11.9 Å². The minimum absolute atomic E-state index is 0.0903. The third-order valence-corrected chi connectivity index (χ3v) is 4.70. The Bertz CT molecular complexity index is 822. The van der Waals surface area contributed by atoms with Gasteiger partial charge in [-0.05, 0) is 11.1 Å². The molecule has 0 saturated carbocycles. The number of carbonyl (C=O) groups excluding carboxylic acids is 2. The van der Waals surface area contributed by atoms with Crippen LogP contribution >= 0.6 is 0 Å². The Morgan fingerprint density at radius 2 is 1.43 bits per heavy atom. The van der Waals surface area contributed by atoms with Gasteiger partial charge in [0.05, 0.1) is 6.61 Å². The van der Waals surface area contributed by atoms with Gasteiger partial charge in [-0.15, -0.1) is 6.58 Å². The lowest BCUT2D eigenvalue weighted by atomic mass is 9.75. The molecule has 1 saturated heterocycles. The number of carbonyl (C=O) groups is 2. The summed E-state index contributed by atoms with van der Waals surface area (Å²) in [5, 5.41) is 0. The smallest absolute Gasteiger partial charge is 0.330 e. The maximum atomic E-state index is 13.1. The van der Waals surface area contributed by atoms with Crippen LogP contribution in [0.15, 0.2) is 73.3 Å². The molecule has 2 aromatic rings. The summed E-state index contributed by atoms with van der Waals surface area (Å²) in [4.78, 5) is 26.2. The molecule has 5 heteroatoms. The van der Waals surface area contributed by atoms with Gasteiger partial charge in [0.2, 0.25) is 0 Å². The second-order valence-electron chi connectivity index (χ2n) is 7.27. The van der Waals surface area contributed by atoms with E-state index in [1.807, 2.05) is 60.7 Å². The lowest BCUT2D eigenvalue weighted by Crippen LogP contribution is -2.60. The minimum Gasteiger partial charge on any atom is -0.422 e. The number of cyclic esters (lactones) is 2. The Balaban J connectivity index is 1.95. The van der Waals surface area contributed by atoms with Crippen molar-refractivity contribution < 1.29 is 23.8 Å². The van der Waals surface area contributed by atoms with Gasteiger partial charge in [0.15, 0.2) is 5.41 Å². The Kier molecular flexibility index (Phi) is 5.66. The van der Waals surface area contributed by atoms with Gasteiger partial charge in [0.1, 0.15) is 6.10 Å². The van der Waals surface area contributed by atoms with Crippen LogP contribution in [-0.4, -0.2) is 23.8 Å². The first-order valence-corrected chi connectivity index (χ1v) is 9.16. The summed E-state index contributed by atoms with van der Waals surface area (Å²) in [5.74, 6) is -2.66. The van der Waals surface area contributed by atoms with Gasteiger partial charge >= 0.3 is 11.9 Å². The summed E-state index contributed by atoms with van der Waals surface area (Å²) in [6.45, 7) is 7.08. The summed E-state index contributed by atoms with van der Waals surface area (Å²) >= 11 is 0. The molecule has 3 rings (SSSR count). The van der Waals surface area contributed by atoms with Crippen LogP contribution in [0.1, 0.15) is 25.0 Å². The molecule has 1 fully saturated rings. The molecule has 1 atom stereocenters. The highest BCUT2D eigenvalue weighted by molar-refractivity contribution is 6.03. The van der Waals surface area contributed by atoms with Crippen LogP contribution in [0.5, 0.6) is 0 Å². The zero-order chi connectivity index (χ0) is 20.2. The van der Waals surface area contributed by atoms with E-state index >= 15 is 0 Å². The molecule has 0 aromatic heterocycles. The molecule has 0 bridgehead atoms. The lowest BCUT2D eigenvalue weighted by molar-refractivity contribution is -0.258. The molecule has 5 nitrogen and oxygen atoms in total. The third-order valence-electron chi connectivity index (χ3n) is 4.70. The van der Waals surface area contributed by atoms with Crippen LogP contribution in [0.3, 0.4) is 0 Å². The van der Waals surface area contributed by atoms with Crippen molar-refractivity contribution in [2.24, 2.45) is 5.41 Å². The summed E-state index contributed by atoms with van der Waals surface area (Å²) in [6.07, 6.45) is 0.642. The molecular weight excluding hydrogens is 356 g/mol. The minimum atomic E-state index is -1.66. The third kappa shape index (κ3) is 3.99. The van der Waals surface area contributed by atoms with Crippen molar-refractivity contribution in [1.82, 2.24) is 0 Å². The van der Waals surface area contributed by atoms with E-state index in [4.69, 9.17) is 14.2 Å². The zero-order valence-electron chi connectivity index (χ0n) is 16.1. The van der Waals surface area contributed by atoms with E-state index in [1.165, 1.54) is 19.9 Å².